The number of hydrogen-bond acceptors (Lipinski definition) is 6. The molecule has 0 saturated heterocycles. The largest absolute Gasteiger partial charge is 0.476 e. The van der Waals surface area contributed by atoms with Gasteiger partial charge in [-0.2, -0.15) is 5.10 Å². The number of methoxy groups -OCH3 is 1. The van der Waals surface area contributed by atoms with Crippen LogP contribution in [0.25, 0.3) is 0 Å². The molecule has 8 nitrogen and oxygen atoms in total. The number of aryl methyl sites for hydroxylation is 1. The van der Waals surface area contributed by atoms with Crippen LogP contribution in [0.5, 0.6) is 0 Å². The molecule has 2 heterocycles. The van der Waals surface area contributed by atoms with Gasteiger partial charge >= 0.3 is 11.9 Å². The number of carboxylic acid groups (broad SMARTS) is 1. The van der Waals surface area contributed by atoms with Crippen molar-refractivity contribution in [2.24, 2.45) is 0 Å². The van der Waals surface area contributed by atoms with Gasteiger partial charge < -0.3 is 15.2 Å². The van der Waals surface area contributed by atoms with E-state index < -0.39 is 17.8 Å². The number of hydrogen-bond donors (Lipinski definition) is 2. The summed E-state index contributed by atoms with van der Waals surface area (Å²) in [5.74, 6) is -2.08. The fourth-order valence-electron chi connectivity index (χ4n) is 2.29. The summed E-state index contributed by atoms with van der Waals surface area (Å²) in [4.78, 5) is 35.9. The Morgan fingerprint density at radius 1 is 1.42 bits per heavy atom. The molecule has 24 heavy (non-hydrogen) atoms. The molecule has 0 aliphatic rings. The third-order valence-electron chi connectivity index (χ3n) is 3.37. The maximum absolute atomic E-state index is 12.2. The molecule has 2 aromatic heterocycles. The van der Waals surface area contributed by atoms with Gasteiger partial charge in [0.25, 0.3) is 0 Å². The van der Waals surface area contributed by atoms with Gasteiger partial charge in [-0.3, -0.25) is 9.48 Å². The molecule has 0 bridgehead atoms. The Morgan fingerprint density at radius 2 is 2.12 bits per heavy atom. The first-order valence-electron chi connectivity index (χ1n) is 7.14. The van der Waals surface area contributed by atoms with Gasteiger partial charge in [0.1, 0.15) is 11.5 Å². The van der Waals surface area contributed by atoms with Crippen LogP contribution in [0.4, 0.5) is 5.00 Å². The van der Waals surface area contributed by atoms with E-state index in [2.05, 4.69) is 10.4 Å². The van der Waals surface area contributed by atoms with E-state index in [1.54, 1.807) is 0 Å². The number of carbonyl (C=O) groups is 3. The van der Waals surface area contributed by atoms with Gasteiger partial charge in [-0.05, 0) is 25.0 Å². The van der Waals surface area contributed by atoms with Crippen molar-refractivity contribution in [3.8, 4) is 0 Å². The number of aromatic carboxylic acids is 1. The third kappa shape index (κ3) is 3.62. The number of nitrogens with one attached hydrogen (secondary N) is 1. The van der Waals surface area contributed by atoms with E-state index in [0.29, 0.717) is 17.0 Å². The number of anilines is 1. The Morgan fingerprint density at radius 3 is 2.67 bits per heavy atom. The second-order valence-corrected chi connectivity index (χ2v) is 6.16. The lowest BCUT2D eigenvalue weighted by Gasteiger charge is -2.07. The average molecular weight is 351 g/mol. The van der Waals surface area contributed by atoms with Crippen LogP contribution >= 0.6 is 11.3 Å². The van der Waals surface area contributed by atoms with Crippen LogP contribution in [0.1, 0.15) is 38.2 Å². The summed E-state index contributed by atoms with van der Waals surface area (Å²) >= 11 is 1.30. The van der Waals surface area contributed by atoms with Gasteiger partial charge in [0, 0.05) is 11.1 Å². The van der Waals surface area contributed by atoms with Gasteiger partial charge in [-0.25, -0.2) is 9.59 Å². The number of aromatic nitrogens is 2. The molecule has 128 valence electrons. The van der Waals surface area contributed by atoms with E-state index in [0.717, 1.165) is 10.4 Å². The molecule has 0 spiro atoms. The van der Waals surface area contributed by atoms with Gasteiger partial charge in [0.2, 0.25) is 5.91 Å². The zero-order valence-corrected chi connectivity index (χ0v) is 14.3. The van der Waals surface area contributed by atoms with Crippen LogP contribution in [0, 0.1) is 6.92 Å². The fraction of sp³-hybridized carbons (Fsp3) is 0.333. The summed E-state index contributed by atoms with van der Waals surface area (Å²) < 4.78 is 6.02. The predicted octanol–water partition coefficient (Wildman–Crippen LogP) is 1.94. The minimum Gasteiger partial charge on any atom is -0.476 e. The monoisotopic (exact) mass is 351 g/mol. The second kappa shape index (κ2) is 7.26. The van der Waals surface area contributed by atoms with Crippen molar-refractivity contribution in [2.45, 2.75) is 26.8 Å². The van der Waals surface area contributed by atoms with E-state index in [1.165, 1.54) is 35.4 Å². The minimum absolute atomic E-state index is 0.140. The van der Waals surface area contributed by atoms with Gasteiger partial charge in [0.15, 0.2) is 5.69 Å². The van der Waals surface area contributed by atoms with Crippen LogP contribution in [0.3, 0.4) is 0 Å². The summed E-state index contributed by atoms with van der Waals surface area (Å²) in [5, 5.41) is 15.7. The lowest BCUT2D eigenvalue weighted by atomic mass is 10.1. The van der Waals surface area contributed by atoms with E-state index in [9.17, 15) is 14.4 Å². The lowest BCUT2D eigenvalue weighted by Crippen LogP contribution is -2.20. The highest BCUT2D eigenvalue weighted by atomic mass is 32.1. The molecule has 2 N–H and O–H groups in total. The van der Waals surface area contributed by atoms with Crippen molar-refractivity contribution in [1.29, 1.82) is 0 Å². The zero-order valence-electron chi connectivity index (χ0n) is 13.5. The van der Waals surface area contributed by atoms with Crippen LogP contribution in [0.2, 0.25) is 0 Å². The van der Waals surface area contributed by atoms with Crippen molar-refractivity contribution in [2.75, 3.05) is 12.4 Å². The van der Waals surface area contributed by atoms with E-state index in [1.807, 2.05) is 13.8 Å². The zero-order chi connectivity index (χ0) is 17.9. The van der Waals surface area contributed by atoms with Crippen molar-refractivity contribution < 1.29 is 24.2 Å². The molecule has 0 radical (unpaired) electrons. The molecule has 1 amide bonds. The topological polar surface area (TPSA) is 111 Å². The number of nitrogens with zero attached hydrogens (tertiary/aromatic N) is 2. The van der Waals surface area contributed by atoms with Crippen molar-refractivity contribution in [3.05, 3.63) is 34.0 Å². The van der Waals surface area contributed by atoms with Crippen LogP contribution < -0.4 is 5.32 Å². The third-order valence-corrected chi connectivity index (χ3v) is 4.43. The summed E-state index contributed by atoms with van der Waals surface area (Å²) in [7, 11) is 1.29. The molecule has 2 aromatic rings. The highest BCUT2D eigenvalue weighted by Gasteiger charge is 2.23. The van der Waals surface area contributed by atoms with Crippen LogP contribution in [0.15, 0.2) is 12.3 Å². The highest BCUT2D eigenvalue weighted by Crippen LogP contribution is 2.33. The van der Waals surface area contributed by atoms with E-state index >= 15 is 0 Å². The first-order chi connectivity index (χ1) is 11.4. The molecular formula is C15H17N3O5S. The molecule has 0 unspecified atom stereocenters. The van der Waals surface area contributed by atoms with Crippen molar-refractivity contribution >= 4 is 34.2 Å². The number of esters is 1. The number of amides is 1. The molecule has 0 atom stereocenters. The lowest BCUT2D eigenvalue weighted by molar-refractivity contribution is -0.116. The van der Waals surface area contributed by atoms with Crippen molar-refractivity contribution in [3.63, 3.8) is 0 Å². The molecular weight excluding hydrogens is 334 g/mol. The first-order valence-corrected chi connectivity index (χ1v) is 7.96. The molecule has 0 aliphatic heterocycles. The Kier molecular flexibility index (Phi) is 5.35. The maximum atomic E-state index is 12.2. The van der Waals surface area contributed by atoms with Crippen LogP contribution in [-0.2, 0) is 22.5 Å². The molecule has 9 heteroatoms. The Balaban J connectivity index is 2.19. The quantitative estimate of drug-likeness (QED) is 0.770. The minimum atomic E-state index is -1.16. The maximum Gasteiger partial charge on any atom is 0.356 e. The summed E-state index contributed by atoms with van der Waals surface area (Å²) in [6.07, 6.45) is 2.05. The van der Waals surface area contributed by atoms with E-state index in [4.69, 9.17) is 9.84 Å². The molecule has 0 aromatic carbocycles. The summed E-state index contributed by atoms with van der Waals surface area (Å²) in [6, 6.07) is 1.31. The van der Waals surface area contributed by atoms with Gasteiger partial charge in [-0.1, -0.05) is 6.92 Å². The molecule has 0 saturated carbocycles. The van der Waals surface area contributed by atoms with Gasteiger partial charge in [0.05, 0.1) is 12.7 Å². The Hall–Kier alpha value is -2.68. The SMILES string of the molecule is CCc1c(C)sc(NC(=O)Cn2ccc(C(=O)O)n2)c1C(=O)OC. The summed E-state index contributed by atoms with van der Waals surface area (Å²) in [6.45, 7) is 3.63. The smallest absolute Gasteiger partial charge is 0.356 e. The van der Waals surface area contributed by atoms with Crippen molar-refractivity contribution in [1.82, 2.24) is 9.78 Å². The van der Waals surface area contributed by atoms with E-state index in [-0.39, 0.29) is 12.2 Å². The number of rotatable bonds is 6. The summed E-state index contributed by atoms with van der Waals surface area (Å²) in [5.41, 5.74) is 1.07. The fourth-order valence-corrected chi connectivity index (χ4v) is 3.44. The van der Waals surface area contributed by atoms with Crippen LogP contribution in [-0.4, -0.2) is 39.8 Å². The number of carbonyl (C=O) groups excluding carboxylic acids is 2. The normalized spacial score (nSPS) is 10.5. The highest BCUT2D eigenvalue weighted by molar-refractivity contribution is 7.16. The first kappa shape index (κ1) is 17.7. The average Bonchev–Trinajstić information content (AvgIpc) is 3.10. The predicted molar refractivity (Wildman–Crippen MR) is 87.6 cm³/mol. The molecule has 0 fully saturated rings. The Bertz CT molecular complexity index is 793. The number of thiophene rings is 1. The Labute approximate surface area is 142 Å². The second-order valence-electron chi connectivity index (χ2n) is 4.94. The number of carboxylic acids is 1. The standard InChI is InChI=1S/C15H17N3O5S/c1-4-9-8(2)24-13(12(9)15(22)23-3)16-11(19)7-18-6-5-10(17-18)14(20)21/h5-6H,4,7H2,1-3H3,(H,16,19)(H,20,21). The molecule has 0 aliphatic carbocycles. The number of ether oxygens (including phenoxy) is 1. The van der Waals surface area contributed by atoms with Gasteiger partial charge in [-0.15, -0.1) is 11.3 Å². The molecule has 2 rings (SSSR count).